The summed E-state index contributed by atoms with van der Waals surface area (Å²) in [5.74, 6) is -2.56. The molecule has 3 aromatic rings. The number of nitrogens with one attached hydrogen (secondary N) is 1. The molecule has 0 bridgehead atoms. The third kappa shape index (κ3) is 5.63. The molecule has 1 aromatic heterocycles. The fraction of sp³-hybridized carbons (Fsp3) is 0.240. The van der Waals surface area contributed by atoms with Gasteiger partial charge < -0.3 is 20.1 Å². The summed E-state index contributed by atoms with van der Waals surface area (Å²) in [4.78, 5) is 36.0. The first-order chi connectivity index (χ1) is 15.2. The van der Waals surface area contributed by atoms with Crippen LogP contribution in [0.15, 0.2) is 71.7 Å². The Morgan fingerprint density at radius 3 is 2.28 bits per heavy atom. The number of carboxylic acid groups (broad SMARTS) is 1. The van der Waals surface area contributed by atoms with Gasteiger partial charge in [0.1, 0.15) is 5.69 Å². The molecule has 166 valence electrons. The molecule has 0 aliphatic carbocycles. The molecule has 3 rings (SSSR count). The van der Waals surface area contributed by atoms with Gasteiger partial charge in [-0.05, 0) is 29.5 Å². The van der Waals surface area contributed by atoms with Gasteiger partial charge in [0.15, 0.2) is 5.75 Å². The van der Waals surface area contributed by atoms with Crippen LogP contribution in [-0.4, -0.2) is 32.7 Å². The molecule has 7 heteroatoms. The summed E-state index contributed by atoms with van der Waals surface area (Å²) in [5.41, 5.74) is 2.54. The zero-order valence-corrected chi connectivity index (χ0v) is 18.0. The molecule has 2 aromatic carbocycles. The summed E-state index contributed by atoms with van der Waals surface area (Å²) in [5, 5.41) is 21.7. The molecule has 0 saturated carbocycles. The third-order valence-electron chi connectivity index (χ3n) is 5.39. The van der Waals surface area contributed by atoms with E-state index in [0.717, 1.165) is 22.8 Å². The molecule has 1 unspecified atom stereocenters. The van der Waals surface area contributed by atoms with Gasteiger partial charge in [-0.2, -0.15) is 0 Å². The predicted octanol–water partition coefficient (Wildman–Crippen LogP) is 3.21. The molecule has 0 aliphatic heterocycles. The molecule has 0 saturated heterocycles. The predicted molar refractivity (Wildman–Crippen MR) is 122 cm³/mol. The summed E-state index contributed by atoms with van der Waals surface area (Å²) in [7, 11) is 1.55. The first-order valence-corrected chi connectivity index (χ1v) is 10.3. The van der Waals surface area contributed by atoms with Crippen molar-refractivity contribution >= 4 is 11.9 Å². The Balaban J connectivity index is 1.80. The lowest BCUT2D eigenvalue weighted by molar-refractivity contribution is -0.141. The number of hydrogen-bond donors (Lipinski definition) is 3. The van der Waals surface area contributed by atoms with Crippen molar-refractivity contribution in [3.8, 4) is 16.9 Å². The van der Waals surface area contributed by atoms with Gasteiger partial charge in [0.2, 0.25) is 5.43 Å². The average molecular weight is 434 g/mol. The monoisotopic (exact) mass is 434 g/mol. The maximum absolute atomic E-state index is 12.8. The number of benzene rings is 2. The van der Waals surface area contributed by atoms with E-state index in [1.54, 1.807) is 14.0 Å². The van der Waals surface area contributed by atoms with Gasteiger partial charge in [-0.15, -0.1) is 0 Å². The lowest BCUT2D eigenvalue weighted by atomic mass is 9.95. The quantitative estimate of drug-likeness (QED) is 0.505. The topological polar surface area (TPSA) is 109 Å². The van der Waals surface area contributed by atoms with Crippen LogP contribution in [0.25, 0.3) is 11.1 Å². The number of nitrogens with zero attached hydrogens (tertiary/aromatic N) is 1. The number of carbonyl (C=O) groups excluding carboxylic acids is 1. The number of hydrogen-bond acceptors (Lipinski definition) is 4. The van der Waals surface area contributed by atoms with E-state index >= 15 is 0 Å². The van der Waals surface area contributed by atoms with Crippen LogP contribution < -0.4 is 10.7 Å². The molecule has 0 fully saturated rings. The van der Waals surface area contributed by atoms with Gasteiger partial charge in [0.05, 0.1) is 12.1 Å². The molecule has 3 N–H and O–H groups in total. The first-order valence-electron chi connectivity index (χ1n) is 10.3. The Kier molecular flexibility index (Phi) is 7.10. The highest BCUT2D eigenvalue weighted by Gasteiger charge is 2.22. The second-order valence-corrected chi connectivity index (χ2v) is 7.93. The second-order valence-electron chi connectivity index (χ2n) is 7.93. The molecule has 32 heavy (non-hydrogen) atoms. The highest BCUT2D eigenvalue weighted by molar-refractivity contribution is 5.92. The summed E-state index contributed by atoms with van der Waals surface area (Å²) >= 11 is 0. The number of aromatic nitrogens is 1. The molecule has 1 amide bonds. The van der Waals surface area contributed by atoms with Crippen LogP contribution in [0, 0.1) is 5.92 Å². The van der Waals surface area contributed by atoms with E-state index < -0.39 is 35.0 Å². The highest BCUT2D eigenvalue weighted by atomic mass is 16.4. The normalized spacial score (nSPS) is 12.7. The maximum atomic E-state index is 12.8. The first kappa shape index (κ1) is 22.8. The van der Waals surface area contributed by atoms with Crippen molar-refractivity contribution in [3.05, 3.63) is 88.3 Å². The van der Waals surface area contributed by atoms with E-state index in [0.29, 0.717) is 6.42 Å². The summed E-state index contributed by atoms with van der Waals surface area (Å²) in [6.07, 6.45) is 1.84. The Morgan fingerprint density at radius 2 is 1.66 bits per heavy atom. The van der Waals surface area contributed by atoms with Crippen molar-refractivity contribution in [1.29, 1.82) is 0 Å². The molecule has 0 radical (unpaired) electrons. The second kappa shape index (κ2) is 9.96. The van der Waals surface area contributed by atoms with E-state index in [-0.39, 0.29) is 12.1 Å². The van der Waals surface area contributed by atoms with Crippen molar-refractivity contribution in [2.75, 3.05) is 0 Å². The summed E-state index contributed by atoms with van der Waals surface area (Å²) in [6.45, 7) is 1.59. The average Bonchev–Trinajstić information content (AvgIpc) is 2.77. The fourth-order valence-electron chi connectivity index (χ4n) is 3.57. The number of rotatable bonds is 8. The van der Waals surface area contributed by atoms with E-state index in [1.807, 2.05) is 54.6 Å². The van der Waals surface area contributed by atoms with Gasteiger partial charge in [0, 0.05) is 19.2 Å². The van der Waals surface area contributed by atoms with Gasteiger partial charge in [-0.3, -0.25) is 14.4 Å². The van der Waals surface area contributed by atoms with Gasteiger partial charge in [0.25, 0.3) is 5.91 Å². The zero-order chi connectivity index (χ0) is 23.3. The van der Waals surface area contributed by atoms with E-state index in [4.69, 9.17) is 0 Å². The van der Waals surface area contributed by atoms with Crippen LogP contribution in [0.5, 0.6) is 5.75 Å². The fourth-order valence-corrected chi connectivity index (χ4v) is 3.57. The van der Waals surface area contributed by atoms with E-state index in [9.17, 15) is 24.6 Å². The standard InChI is InChI=1S/C25H26N2O5/c1-16(25(31)32)12-20(26-24(30)21-14-22(28)23(29)15-27(21)2)13-17-8-10-19(11-9-17)18-6-4-3-5-7-18/h3-11,14-16,20,29H,12-13H2,1-2H3,(H,26,30)(H,31,32)/t16-,20?/m1/s1. The zero-order valence-electron chi connectivity index (χ0n) is 18.0. The van der Waals surface area contributed by atoms with Crippen molar-refractivity contribution in [2.45, 2.75) is 25.8 Å². The number of carbonyl (C=O) groups is 2. The Labute approximate surface area is 186 Å². The molecular weight excluding hydrogens is 408 g/mol. The molecule has 7 nitrogen and oxygen atoms in total. The van der Waals surface area contributed by atoms with Gasteiger partial charge in [-0.25, -0.2) is 0 Å². The number of aliphatic carboxylic acids is 1. The van der Waals surface area contributed by atoms with Crippen LogP contribution in [0.1, 0.15) is 29.4 Å². The van der Waals surface area contributed by atoms with Crippen molar-refractivity contribution < 1.29 is 19.8 Å². The Morgan fingerprint density at radius 1 is 1.03 bits per heavy atom. The van der Waals surface area contributed by atoms with Crippen molar-refractivity contribution in [3.63, 3.8) is 0 Å². The van der Waals surface area contributed by atoms with Gasteiger partial charge in [-0.1, -0.05) is 61.5 Å². The van der Waals surface area contributed by atoms with Crippen molar-refractivity contribution in [1.82, 2.24) is 9.88 Å². The summed E-state index contributed by atoms with van der Waals surface area (Å²) in [6, 6.07) is 18.5. The number of aromatic hydroxyl groups is 1. The largest absolute Gasteiger partial charge is 0.503 e. The lowest BCUT2D eigenvalue weighted by Gasteiger charge is -2.22. The summed E-state index contributed by atoms with van der Waals surface area (Å²) < 4.78 is 1.36. The molecular formula is C25H26N2O5. The molecule has 0 aliphatic rings. The maximum Gasteiger partial charge on any atom is 0.306 e. The third-order valence-corrected chi connectivity index (χ3v) is 5.39. The minimum atomic E-state index is -0.944. The highest BCUT2D eigenvalue weighted by Crippen LogP contribution is 2.21. The van der Waals surface area contributed by atoms with Crippen molar-refractivity contribution in [2.24, 2.45) is 13.0 Å². The van der Waals surface area contributed by atoms with Crippen LogP contribution in [0.3, 0.4) is 0 Å². The minimum Gasteiger partial charge on any atom is -0.503 e. The molecule has 1 heterocycles. The number of amides is 1. The Bertz CT molecular complexity index is 1150. The van der Waals surface area contributed by atoms with E-state index in [1.165, 1.54) is 10.8 Å². The van der Waals surface area contributed by atoms with E-state index in [2.05, 4.69) is 5.32 Å². The smallest absolute Gasteiger partial charge is 0.306 e. The minimum absolute atomic E-state index is 0.0835. The number of aryl methyl sites for hydroxylation is 1. The lowest BCUT2D eigenvalue weighted by Crippen LogP contribution is -2.40. The van der Waals surface area contributed by atoms with Crippen LogP contribution >= 0.6 is 0 Å². The SMILES string of the molecule is C[C@H](CC(Cc1ccc(-c2ccccc2)cc1)NC(=O)c1cc(=O)c(O)cn1C)C(=O)O. The number of carboxylic acids is 1. The molecule has 2 atom stereocenters. The van der Waals surface area contributed by atoms with Crippen LogP contribution in [0.2, 0.25) is 0 Å². The van der Waals surface area contributed by atoms with Gasteiger partial charge >= 0.3 is 5.97 Å². The van der Waals surface area contributed by atoms with Crippen LogP contribution in [-0.2, 0) is 18.3 Å². The number of pyridine rings is 1. The Hall–Kier alpha value is -3.87. The van der Waals surface area contributed by atoms with Crippen LogP contribution in [0.4, 0.5) is 0 Å². The molecule has 0 spiro atoms.